The molecule has 2 heterocycles. The van der Waals surface area contributed by atoms with Gasteiger partial charge in [0, 0.05) is 28.4 Å². The highest BCUT2D eigenvalue weighted by molar-refractivity contribution is 7.12. The van der Waals surface area contributed by atoms with E-state index in [4.69, 9.17) is 0 Å². The number of nitrogens with one attached hydrogen (secondary N) is 1. The second-order valence-electron chi connectivity index (χ2n) is 4.75. The summed E-state index contributed by atoms with van der Waals surface area (Å²) >= 11 is 1.94. The van der Waals surface area contributed by atoms with Crippen molar-refractivity contribution in [1.29, 1.82) is 0 Å². The maximum absolute atomic E-state index is 3.41. The standard InChI is InChI=1S/C13H22N2S/c1-10-6-7-13(16-10)11(2)15-8-4-5-12(9-15)14-3/h6-7,11-12,14H,4-5,8-9H2,1-3H3. The second kappa shape index (κ2) is 5.30. The molecule has 0 bridgehead atoms. The zero-order valence-corrected chi connectivity index (χ0v) is 11.3. The van der Waals surface area contributed by atoms with Gasteiger partial charge in [0.1, 0.15) is 0 Å². The summed E-state index contributed by atoms with van der Waals surface area (Å²) < 4.78 is 0. The lowest BCUT2D eigenvalue weighted by Gasteiger charge is -2.36. The van der Waals surface area contributed by atoms with E-state index in [-0.39, 0.29) is 0 Å². The molecule has 2 atom stereocenters. The fourth-order valence-corrected chi connectivity index (χ4v) is 3.42. The van der Waals surface area contributed by atoms with E-state index in [1.54, 1.807) is 0 Å². The van der Waals surface area contributed by atoms with E-state index in [2.05, 4.69) is 43.2 Å². The molecule has 0 aliphatic carbocycles. The van der Waals surface area contributed by atoms with Crippen molar-refractivity contribution in [3.05, 3.63) is 21.9 Å². The van der Waals surface area contributed by atoms with Crippen molar-refractivity contribution in [2.45, 2.75) is 38.8 Å². The Labute approximate surface area is 103 Å². The molecule has 0 spiro atoms. The van der Waals surface area contributed by atoms with Crippen LogP contribution in [0.5, 0.6) is 0 Å². The molecule has 1 aromatic rings. The second-order valence-corrected chi connectivity index (χ2v) is 6.07. The number of piperidine rings is 1. The lowest BCUT2D eigenvalue weighted by Crippen LogP contribution is -2.45. The summed E-state index contributed by atoms with van der Waals surface area (Å²) in [4.78, 5) is 5.54. The van der Waals surface area contributed by atoms with Gasteiger partial charge in [-0.15, -0.1) is 11.3 Å². The number of rotatable bonds is 3. The van der Waals surface area contributed by atoms with Gasteiger partial charge in [-0.25, -0.2) is 0 Å². The van der Waals surface area contributed by atoms with E-state index in [0.29, 0.717) is 12.1 Å². The third-order valence-corrected chi connectivity index (χ3v) is 4.75. The minimum Gasteiger partial charge on any atom is -0.316 e. The smallest absolute Gasteiger partial charge is 0.0414 e. The summed E-state index contributed by atoms with van der Waals surface area (Å²) in [7, 11) is 2.08. The van der Waals surface area contributed by atoms with Crippen molar-refractivity contribution < 1.29 is 0 Å². The Bertz CT molecular complexity index is 334. The molecule has 0 amide bonds. The first-order chi connectivity index (χ1) is 7.70. The van der Waals surface area contributed by atoms with Gasteiger partial charge in [-0.3, -0.25) is 4.90 Å². The van der Waals surface area contributed by atoms with Crippen LogP contribution >= 0.6 is 11.3 Å². The predicted octanol–water partition coefficient (Wildman–Crippen LogP) is 2.80. The van der Waals surface area contributed by atoms with Crippen LogP contribution in [0.2, 0.25) is 0 Å². The molecule has 1 saturated heterocycles. The van der Waals surface area contributed by atoms with E-state index in [1.165, 1.54) is 35.7 Å². The van der Waals surface area contributed by atoms with E-state index in [0.717, 1.165) is 0 Å². The van der Waals surface area contributed by atoms with Gasteiger partial charge in [-0.2, -0.15) is 0 Å². The quantitative estimate of drug-likeness (QED) is 0.871. The molecular weight excluding hydrogens is 216 g/mol. The van der Waals surface area contributed by atoms with Crippen LogP contribution in [0.1, 0.15) is 35.6 Å². The van der Waals surface area contributed by atoms with E-state index in [1.807, 2.05) is 11.3 Å². The van der Waals surface area contributed by atoms with Gasteiger partial charge >= 0.3 is 0 Å². The molecule has 2 unspecified atom stereocenters. The molecule has 1 N–H and O–H groups in total. The van der Waals surface area contributed by atoms with Crippen LogP contribution in [0, 0.1) is 6.92 Å². The number of thiophene rings is 1. The van der Waals surface area contributed by atoms with Gasteiger partial charge in [0.2, 0.25) is 0 Å². The molecule has 1 aliphatic heterocycles. The highest BCUT2D eigenvalue weighted by Gasteiger charge is 2.23. The van der Waals surface area contributed by atoms with Crippen LogP contribution in [-0.4, -0.2) is 31.1 Å². The first-order valence-corrected chi connectivity index (χ1v) is 7.00. The number of hydrogen-bond acceptors (Lipinski definition) is 3. The van der Waals surface area contributed by atoms with E-state index in [9.17, 15) is 0 Å². The van der Waals surface area contributed by atoms with Crippen molar-refractivity contribution in [1.82, 2.24) is 10.2 Å². The summed E-state index contributed by atoms with van der Waals surface area (Å²) in [5.41, 5.74) is 0. The number of hydrogen-bond donors (Lipinski definition) is 1. The Morgan fingerprint density at radius 1 is 1.50 bits per heavy atom. The predicted molar refractivity (Wildman–Crippen MR) is 71.1 cm³/mol. The summed E-state index contributed by atoms with van der Waals surface area (Å²) in [6, 6.07) is 5.77. The Morgan fingerprint density at radius 3 is 2.94 bits per heavy atom. The fourth-order valence-electron chi connectivity index (χ4n) is 2.45. The maximum atomic E-state index is 3.41. The fraction of sp³-hybridized carbons (Fsp3) is 0.692. The molecule has 1 fully saturated rings. The van der Waals surface area contributed by atoms with Crippen LogP contribution in [-0.2, 0) is 0 Å². The van der Waals surface area contributed by atoms with Crippen LogP contribution in [0.15, 0.2) is 12.1 Å². The summed E-state index contributed by atoms with van der Waals surface area (Å²) in [6.07, 6.45) is 2.64. The first-order valence-electron chi connectivity index (χ1n) is 6.18. The number of likely N-dealkylation sites (N-methyl/N-ethyl adjacent to an activating group) is 1. The monoisotopic (exact) mass is 238 g/mol. The molecule has 0 aromatic carbocycles. The largest absolute Gasteiger partial charge is 0.316 e. The van der Waals surface area contributed by atoms with Gasteiger partial charge in [0.25, 0.3) is 0 Å². The minimum absolute atomic E-state index is 0.579. The van der Waals surface area contributed by atoms with Crippen molar-refractivity contribution >= 4 is 11.3 Å². The zero-order valence-electron chi connectivity index (χ0n) is 10.5. The molecule has 2 rings (SSSR count). The SMILES string of the molecule is CNC1CCCN(C(C)c2ccc(C)s2)C1. The molecule has 3 heteroatoms. The average Bonchev–Trinajstić information content (AvgIpc) is 2.75. The zero-order chi connectivity index (χ0) is 11.5. The van der Waals surface area contributed by atoms with E-state index < -0.39 is 0 Å². The normalized spacial score (nSPS) is 24.6. The molecular formula is C13H22N2S. The van der Waals surface area contributed by atoms with Crippen LogP contribution < -0.4 is 5.32 Å². The molecule has 16 heavy (non-hydrogen) atoms. The number of aryl methyl sites for hydroxylation is 1. The Kier molecular flexibility index (Phi) is 4.00. The Morgan fingerprint density at radius 2 is 2.31 bits per heavy atom. The maximum Gasteiger partial charge on any atom is 0.0414 e. The van der Waals surface area contributed by atoms with Gasteiger partial charge in [-0.1, -0.05) is 0 Å². The summed E-state index contributed by atoms with van der Waals surface area (Å²) in [6.45, 7) is 6.96. The molecule has 90 valence electrons. The molecule has 2 nitrogen and oxygen atoms in total. The average molecular weight is 238 g/mol. The Hall–Kier alpha value is -0.380. The Balaban J connectivity index is 2.01. The van der Waals surface area contributed by atoms with Gasteiger partial charge in [0.05, 0.1) is 0 Å². The lowest BCUT2D eigenvalue weighted by atomic mass is 10.0. The molecule has 1 aromatic heterocycles. The van der Waals surface area contributed by atoms with Crippen LogP contribution in [0.25, 0.3) is 0 Å². The van der Waals surface area contributed by atoms with Gasteiger partial charge in [0.15, 0.2) is 0 Å². The van der Waals surface area contributed by atoms with Crippen molar-refractivity contribution in [3.63, 3.8) is 0 Å². The van der Waals surface area contributed by atoms with Crippen LogP contribution in [0.3, 0.4) is 0 Å². The molecule has 0 radical (unpaired) electrons. The van der Waals surface area contributed by atoms with Crippen molar-refractivity contribution in [2.75, 3.05) is 20.1 Å². The van der Waals surface area contributed by atoms with Crippen molar-refractivity contribution in [2.24, 2.45) is 0 Å². The minimum atomic E-state index is 0.579. The molecule has 0 saturated carbocycles. The molecule has 1 aliphatic rings. The van der Waals surface area contributed by atoms with Crippen molar-refractivity contribution in [3.8, 4) is 0 Å². The van der Waals surface area contributed by atoms with Crippen LogP contribution in [0.4, 0.5) is 0 Å². The van der Waals surface area contributed by atoms with Gasteiger partial charge < -0.3 is 5.32 Å². The number of likely N-dealkylation sites (tertiary alicyclic amines) is 1. The first kappa shape index (κ1) is 12.1. The highest BCUT2D eigenvalue weighted by Crippen LogP contribution is 2.29. The lowest BCUT2D eigenvalue weighted by molar-refractivity contribution is 0.151. The summed E-state index contributed by atoms with van der Waals surface area (Å²) in [5, 5.41) is 3.41. The number of nitrogens with zero attached hydrogens (tertiary/aromatic N) is 1. The third kappa shape index (κ3) is 2.65. The van der Waals surface area contributed by atoms with Gasteiger partial charge in [-0.05, 0) is 52.4 Å². The van der Waals surface area contributed by atoms with E-state index >= 15 is 0 Å². The topological polar surface area (TPSA) is 15.3 Å². The summed E-state index contributed by atoms with van der Waals surface area (Å²) in [5.74, 6) is 0. The third-order valence-electron chi connectivity index (χ3n) is 3.58. The highest BCUT2D eigenvalue weighted by atomic mass is 32.1.